The van der Waals surface area contributed by atoms with E-state index < -0.39 is 5.41 Å². The fourth-order valence-corrected chi connectivity index (χ4v) is 5.43. The summed E-state index contributed by atoms with van der Waals surface area (Å²) < 4.78 is 14.8. The first kappa shape index (κ1) is 22.3. The van der Waals surface area contributed by atoms with E-state index in [4.69, 9.17) is 10.8 Å². The summed E-state index contributed by atoms with van der Waals surface area (Å²) in [6.45, 7) is 6.19. The lowest BCUT2D eigenvalue weighted by Gasteiger charge is -2.36. The summed E-state index contributed by atoms with van der Waals surface area (Å²) in [4.78, 5) is 16.2. The van der Waals surface area contributed by atoms with Gasteiger partial charge in [-0.15, -0.1) is 5.10 Å². The van der Waals surface area contributed by atoms with Crippen molar-refractivity contribution in [1.29, 1.82) is 0 Å². The predicted octanol–water partition coefficient (Wildman–Crippen LogP) is 4.49. The molecule has 0 amide bonds. The highest BCUT2D eigenvalue weighted by Gasteiger charge is 2.44. The second-order valence-corrected chi connectivity index (χ2v) is 9.57. The molecule has 4 aromatic rings. The van der Waals surface area contributed by atoms with Gasteiger partial charge in [0.2, 0.25) is 0 Å². The quantitative estimate of drug-likeness (QED) is 0.475. The van der Waals surface area contributed by atoms with E-state index in [-0.39, 0.29) is 17.5 Å². The molecule has 34 heavy (non-hydrogen) atoms. The van der Waals surface area contributed by atoms with Crippen molar-refractivity contribution >= 4 is 0 Å². The average molecular weight is 457 g/mol. The van der Waals surface area contributed by atoms with Crippen molar-refractivity contribution in [3.63, 3.8) is 0 Å². The molecule has 0 bridgehead atoms. The zero-order chi connectivity index (χ0) is 24.0. The van der Waals surface area contributed by atoms with Crippen LogP contribution in [0.3, 0.4) is 0 Å². The van der Waals surface area contributed by atoms with Crippen LogP contribution in [-0.4, -0.2) is 20.8 Å². The molecule has 3 N–H and O–H groups in total. The fraction of sp³-hybridized carbons (Fsp3) is 0.286. The third-order valence-electron chi connectivity index (χ3n) is 6.83. The van der Waals surface area contributed by atoms with Crippen LogP contribution in [-0.2, 0) is 18.3 Å². The van der Waals surface area contributed by atoms with Gasteiger partial charge in [-0.1, -0.05) is 47.5 Å². The number of nitrogens with two attached hydrogens (primary N) is 1. The van der Waals surface area contributed by atoms with E-state index in [1.54, 1.807) is 12.1 Å². The smallest absolute Gasteiger partial charge is 0.328 e. The van der Waals surface area contributed by atoms with E-state index in [0.29, 0.717) is 17.9 Å². The molecule has 0 radical (unpaired) electrons. The first-order valence-electron chi connectivity index (χ1n) is 11.7. The number of halogens is 1. The molecule has 174 valence electrons. The third-order valence-corrected chi connectivity index (χ3v) is 6.83. The van der Waals surface area contributed by atoms with Gasteiger partial charge in [0.25, 0.3) is 0 Å². The molecule has 1 unspecified atom stereocenters. The number of hydrogen-bond donors (Lipinski definition) is 2. The Bertz CT molecular complexity index is 1360. The van der Waals surface area contributed by atoms with Gasteiger partial charge in [0, 0.05) is 6.04 Å². The molecule has 1 atom stereocenters. The normalized spacial score (nSPS) is 15.3. The van der Waals surface area contributed by atoms with Crippen LogP contribution in [0.25, 0.3) is 5.69 Å². The molecule has 0 saturated carbocycles. The molecule has 0 aliphatic heterocycles. The standard InChI is InChI=1S/C28H29FN4O/c1-17-4-12-24-20(14-17)6-7-21-15-18(2)5-13-25(21)28(24,16-19(3)30)26-31-27(34)33(32-26)23-10-8-22(29)9-11-23/h4-5,8-15,19H,6-7,16,30H2,1-3H3,(H,31,32,34). The number of H-pyrrole nitrogens is 1. The minimum atomic E-state index is -0.721. The van der Waals surface area contributed by atoms with Crippen LogP contribution < -0.4 is 11.4 Å². The third kappa shape index (κ3) is 3.68. The number of nitrogens with one attached hydrogen (secondary N) is 1. The number of aryl methyl sites for hydroxylation is 4. The van der Waals surface area contributed by atoms with Crippen LogP contribution in [0.15, 0.2) is 65.5 Å². The lowest BCUT2D eigenvalue weighted by molar-refractivity contribution is 0.474. The van der Waals surface area contributed by atoms with Gasteiger partial charge < -0.3 is 5.73 Å². The van der Waals surface area contributed by atoms with Crippen molar-refractivity contribution in [3.05, 3.63) is 116 Å². The molecular weight excluding hydrogens is 427 g/mol. The number of aromatic amines is 1. The largest absolute Gasteiger partial charge is 0.348 e. The summed E-state index contributed by atoms with van der Waals surface area (Å²) in [7, 11) is 0. The minimum absolute atomic E-state index is 0.152. The van der Waals surface area contributed by atoms with Gasteiger partial charge in [0.05, 0.1) is 11.1 Å². The molecule has 6 heteroatoms. The summed E-state index contributed by atoms with van der Waals surface area (Å²) in [6.07, 6.45) is 2.38. The van der Waals surface area contributed by atoms with Gasteiger partial charge in [0.1, 0.15) is 11.6 Å². The SMILES string of the molecule is Cc1ccc2c(c1)CCc1cc(C)ccc1C2(CC(C)N)c1nn(-c2ccc(F)cc2)c(=O)[nH]1. The van der Waals surface area contributed by atoms with Crippen LogP contribution in [0.4, 0.5) is 4.39 Å². The monoisotopic (exact) mass is 456 g/mol. The number of nitrogens with zero attached hydrogens (tertiary/aromatic N) is 2. The number of rotatable bonds is 4. The van der Waals surface area contributed by atoms with Gasteiger partial charge in [-0.3, -0.25) is 4.98 Å². The molecule has 1 aliphatic carbocycles. The van der Waals surface area contributed by atoms with Crippen molar-refractivity contribution < 1.29 is 4.39 Å². The molecule has 5 rings (SSSR count). The highest BCUT2D eigenvalue weighted by molar-refractivity contribution is 5.56. The van der Waals surface area contributed by atoms with Crippen molar-refractivity contribution in [1.82, 2.24) is 14.8 Å². The molecule has 0 fully saturated rings. The lowest BCUT2D eigenvalue weighted by Crippen LogP contribution is -2.38. The Balaban J connectivity index is 1.84. The Morgan fingerprint density at radius 1 is 1.00 bits per heavy atom. The van der Waals surface area contributed by atoms with Crippen molar-refractivity contribution in [2.45, 2.75) is 51.5 Å². The van der Waals surface area contributed by atoms with Gasteiger partial charge in [-0.2, -0.15) is 4.68 Å². The fourth-order valence-electron chi connectivity index (χ4n) is 5.43. The maximum absolute atomic E-state index is 13.5. The van der Waals surface area contributed by atoms with Crippen LogP contribution in [0.1, 0.15) is 52.5 Å². The van der Waals surface area contributed by atoms with Crippen molar-refractivity contribution in [3.8, 4) is 5.69 Å². The predicted molar refractivity (Wildman–Crippen MR) is 132 cm³/mol. The molecule has 1 aromatic heterocycles. The second-order valence-electron chi connectivity index (χ2n) is 9.57. The zero-order valence-electron chi connectivity index (χ0n) is 19.7. The summed E-state index contributed by atoms with van der Waals surface area (Å²) in [6, 6.07) is 18.6. The van der Waals surface area contributed by atoms with Crippen LogP contribution >= 0.6 is 0 Å². The van der Waals surface area contributed by atoms with Crippen molar-refractivity contribution in [2.24, 2.45) is 5.73 Å². The molecule has 1 heterocycles. The van der Waals surface area contributed by atoms with E-state index in [9.17, 15) is 9.18 Å². The summed E-state index contributed by atoms with van der Waals surface area (Å²) in [5.74, 6) is 0.189. The van der Waals surface area contributed by atoms with Gasteiger partial charge in [-0.05, 0) is 86.6 Å². The number of hydrogen-bond acceptors (Lipinski definition) is 3. The van der Waals surface area contributed by atoms with Crippen LogP contribution in [0.5, 0.6) is 0 Å². The molecule has 0 saturated heterocycles. The summed E-state index contributed by atoms with van der Waals surface area (Å²) >= 11 is 0. The highest BCUT2D eigenvalue weighted by Crippen LogP contribution is 2.46. The zero-order valence-corrected chi connectivity index (χ0v) is 19.7. The summed E-state index contributed by atoms with van der Waals surface area (Å²) in [5, 5.41) is 4.81. The maximum atomic E-state index is 13.5. The molecular formula is C28H29FN4O. The lowest BCUT2D eigenvalue weighted by atomic mass is 9.68. The molecule has 5 nitrogen and oxygen atoms in total. The Morgan fingerprint density at radius 3 is 2.09 bits per heavy atom. The second kappa shape index (κ2) is 8.37. The number of aromatic nitrogens is 3. The number of fused-ring (bicyclic) bond motifs is 2. The van der Waals surface area contributed by atoms with Gasteiger partial charge >= 0.3 is 5.69 Å². The first-order chi connectivity index (χ1) is 16.3. The number of benzene rings is 3. The molecule has 3 aromatic carbocycles. The van der Waals surface area contributed by atoms with E-state index in [1.165, 1.54) is 39.1 Å². The minimum Gasteiger partial charge on any atom is -0.328 e. The van der Waals surface area contributed by atoms with Crippen LogP contribution in [0, 0.1) is 19.7 Å². The van der Waals surface area contributed by atoms with E-state index >= 15 is 0 Å². The topological polar surface area (TPSA) is 76.7 Å². The first-order valence-corrected chi connectivity index (χ1v) is 11.7. The Morgan fingerprint density at radius 2 is 1.56 bits per heavy atom. The Labute approximate surface area is 198 Å². The van der Waals surface area contributed by atoms with Crippen molar-refractivity contribution in [2.75, 3.05) is 0 Å². The Hall–Kier alpha value is -3.51. The van der Waals surface area contributed by atoms with E-state index in [1.807, 2.05) is 6.92 Å². The van der Waals surface area contributed by atoms with E-state index in [2.05, 4.69) is 55.2 Å². The molecule has 1 aliphatic rings. The Kier molecular flexibility index (Phi) is 5.48. The van der Waals surface area contributed by atoms with Crippen LogP contribution in [0.2, 0.25) is 0 Å². The summed E-state index contributed by atoms with van der Waals surface area (Å²) in [5.41, 5.74) is 13.0. The average Bonchev–Trinajstić information content (AvgIpc) is 3.13. The molecule has 0 spiro atoms. The highest BCUT2D eigenvalue weighted by atomic mass is 19.1. The van der Waals surface area contributed by atoms with Gasteiger partial charge in [0.15, 0.2) is 0 Å². The van der Waals surface area contributed by atoms with Gasteiger partial charge in [-0.25, -0.2) is 9.18 Å². The van der Waals surface area contributed by atoms with E-state index in [0.717, 1.165) is 24.0 Å². The maximum Gasteiger partial charge on any atom is 0.348 e.